The van der Waals surface area contributed by atoms with Crippen molar-refractivity contribution in [1.29, 1.82) is 0 Å². The summed E-state index contributed by atoms with van der Waals surface area (Å²) in [6.07, 6.45) is 4.68. The predicted octanol–water partition coefficient (Wildman–Crippen LogP) is 1.39. The van der Waals surface area contributed by atoms with E-state index in [0.29, 0.717) is 5.65 Å². The molecule has 0 radical (unpaired) electrons. The van der Waals surface area contributed by atoms with E-state index in [4.69, 9.17) is 5.11 Å². The standard InChI is InChI=1S/C13H9N3O3/c17-12(18)9-3-1-8(2-4-9)10-7-15-13(19)16-6-5-14-11(10)16/h1-7H,(H,15,19)(H,17,18). The number of hydrogen-bond acceptors (Lipinski definition) is 3. The van der Waals surface area contributed by atoms with Gasteiger partial charge in [-0.15, -0.1) is 0 Å². The number of nitrogens with zero attached hydrogens (tertiary/aromatic N) is 2. The zero-order chi connectivity index (χ0) is 13.4. The van der Waals surface area contributed by atoms with Gasteiger partial charge in [0, 0.05) is 24.2 Å². The molecule has 3 rings (SSSR count). The Hall–Kier alpha value is -2.89. The van der Waals surface area contributed by atoms with Crippen molar-refractivity contribution in [2.75, 3.05) is 0 Å². The van der Waals surface area contributed by atoms with E-state index in [2.05, 4.69) is 9.97 Å². The lowest BCUT2D eigenvalue weighted by Gasteiger charge is -2.03. The third-order valence-corrected chi connectivity index (χ3v) is 2.88. The largest absolute Gasteiger partial charge is 0.478 e. The number of carbonyl (C=O) groups is 1. The summed E-state index contributed by atoms with van der Waals surface area (Å²) in [5, 5.41) is 8.86. The zero-order valence-electron chi connectivity index (χ0n) is 9.70. The molecule has 2 heterocycles. The van der Waals surface area contributed by atoms with Crippen LogP contribution in [0, 0.1) is 0 Å². The van der Waals surface area contributed by atoms with Gasteiger partial charge in [-0.3, -0.25) is 4.40 Å². The monoisotopic (exact) mass is 255 g/mol. The van der Waals surface area contributed by atoms with Gasteiger partial charge in [0.05, 0.1) is 5.56 Å². The summed E-state index contributed by atoms with van der Waals surface area (Å²) < 4.78 is 1.40. The van der Waals surface area contributed by atoms with Crippen LogP contribution in [0.4, 0.5) is 0 Å². The molecular formula is C13H9N3O3. The van der Waals surface area contributed by atoms with Crippen LogP contribution in [0.5, 0.6) is 0 Å². The summed E-state index contributed by atoms with van der Waals surface area (Å²) in [6.45, 7) is 0. The van der Waals surface area contributed by atoms with E-state index in [0.717, 1.165) is 11.1 Å². The minimum Gasteiger partial charge on any atom is -0.478 e. The molecule has 0 aliphatic carbocycles. The highest BCUT2D eigenvalue weighted by Crippen LogP contribution is 2.22. The summed E-state index contributed by atoms with van der Waals surface area (Å²) in [6, 6.07) is 6.40. The number of aromatic amines is 1. The van der Waals surface area contributed by atoms with Gasteiger partial charge in [0.1, 0.15) is 5.65 Å². The second kappa shape index (κ2) is 4.09. The van der Waals surface area contributed by atoms with Crippen molar-refractivity contribution >= 4 is 11.6 Å². The molecule has 19 heavy (non-hydrogen) atoms. The second-order valence-corrected chi connectivity index (χ2v) is 4.01. The molecule has 0 unspecified atom stereocenters. The molecule has 0 fully saturated rings. The number of hydrogen-bond donors (Lipinski definition) is 2. The predicted molar refractivity (Wildman–Crippen MR) is 68.2 cm³/mol. The number of nitrogens with one attached hydrogen (secondary N) is 1. The van der Waals surface area contributed by atoms with Crippen LogP contribution in [-0.4, -0.2) is 25.4 Å². The van der Waals surface area contributed by atoms with Crippen LogP contribution in [-0.2, 0) is 0 Å². The second-order valence-electron chi connectivity index (χ2n) is 4.01. The Labute approximate surface area is 107 Å². The number of imidazole rings is 1. The lowest BCUT2D eigenvalue weighted by atomic mass is 10.1. The highest BCUT2D eigenvalue weighted by Gasteiger charge is 2.08. The van der Waals surface area contributed by atoms with Crippen molar-refractivity contribution in [3.05, 3.63) is 58.9 Å². The maximum Gasteiger partial charge on any atom is 0.335 e. The summed E-state index contributed by atoms with van der Waals surface area (Å²) >= 11 is 0. The first kappa shape index (κ1) is 11.2. The average Bonchev–Trinajstić information content (AvgIpc) is 2.89. The van der Waals surface area contributed by atoms with E-state index in [-0.39, 0.29) is 11.3 Å². The number of benzene rings is 1. The summed E-state index contributed by atoms with van der Waals surface area (Å²) in [7, 11) is 0. The van der Waals surface area contributed by atoms with Crippen LogP contribution in [0.1, 0.15) is 10.4 Å². The number of aromatic nitrogens is 3. The van der Waals surface area contributed by atoms with Crippen molar-refractivity contribution in [2.45, 2.75) is 0 Å². The molecule has 0 spiro atoms. The van der Waals surface area contributed by atoms with Gasteiger partial charge in [-0.2, -0.15) is 0 Å². The van der Waals surface area contributed by atoms with E-state index >= 15 is 0 Å². The van der Waals surface area contributed by atoms with Crippen LogP contribution in [0.15, 0.2) is 47.7 Å². The van der Waals surface area contributed by atoms with Crippen molar-refractivity contribution in [2.24, 2.45) is 0 Å². The van der Waals surface area contributed by atoms with Gasteiger partial charge in [0.25, 0.3) is 0 Å². The molecule has 2 aromatic heterocycles. The molecule has 0 saturated heterocycles. The maximum atomic E-state index is 11.6. The fourth-order valence-corrected chi connectivity index (χ4v) is 1.94. The molecule has 0 aliphatic rings. The molecule has 0 amide bonds. The van der Waals surface area contributed by atoms with Crippen LogP contribution in [0.25, 0.3) is 16.8 Å². The molecule has 3 aromatic rings. The van der Waals surface area contributed by atoms with Crippen LogP contribution in [0.2, 0.25) is 0 Å². The SMILES string of the molecule is O=C(O)c1ccc(-c2c[nH]c(=O)n3ccnc23)cc1. The van der Waals surface area contributed by atoms with Crippen LogP contribution in [0.3, 0.4) is 0 Å². The lowest BCUT2D eigenvalue weighted by Crippen LogP contribution is -2.15. The highest BCUT2D eigenvalue weighted by molar-refractivity contribution is 5.88. The molecule has 1 aromatic carbocycles. The summed E-state index contributed by atoms with van der Waals surface area (Å²) in [5.41, 5.74) is 2.01. The Morgan fingerprint density at radius 1 is 1.26 bits per heavy atom. The zero-order valence-corrected chi connectivity index (χ0v) is 9.70. The molecule has 6 nitrogen and oxygen atoms in total. The van der Waals surface area contributed by atoms with E-state index in [1.54, 1.807) is 30.7 Å². The van der Waals surface area contributed by atoms with Gasteiger partial charge >= 0.3 is 11.7 Å². The van der Waals surface area contributed by atoms with E-state index in [9.17, 15) is 9.59 Å². The summed E-state index contributed by atoms with van der Waals surface area (Å²) in [4.78, 5) is 29.1. The van der Waals surface area contributed by atoms with Crippen molar-refractivity contribution in [3.8, 4) is 11.1 Å². The van der Waals surface area contributed by atoms with E-state index in [1.165, 1.54) is 16.5 Å². The molecule has 6 heteroatoms. The number of H-pyrrole nitrogens is 1. The van der Waals surface area contributed by atoms with Crippen LogP contribution < -0.4 is 5.69 Å². The average molecular weight is 255 g/mol. The Bertz CT molecular complexity index is 815. The Kier molecular flexibility index (Phi) is 2.42. The number of carboxylic acid groups (broad SMARTS) is 1. The third-order valence-electron chi connectivity index (χ3n) is 2.88. The molecule has 0 aliphatic heterocycles. The normalized spacial score (nSPS) is 10.7. The Morgan fingerprint density at radius 2 is 2.00 bits per heavy atom. The third kappa shape index (κ3) is 1.79. The molecular weight excluding hydrogens is 246 g/mol. The minimum absolute atomic E-state index is 0.215. The first-order chi connectivity index (χ1) is 9.16. The van der Waals surface area contributed by atoms with Gasteiger partial charge in [0.2, 0.25) is 0 Å². The Balaban J connectivity index is 2.19. The smallest absolute Gasteiger partial charge is 0.335 e. The Morgan fingerprint density at radius 3 is 2.68 bits per heavy atom. The van der Waals surface area contributed by atoms with Crippen molar-refractivity contribution in [1.82, 2.24) is 14.4 Å². The maximum absolute atomic E-state index is 11.6. The summed E-state index contributed by atoms with van der Waals surface area (Å²) in [5.74, 6) is -0.973. The molecule has 94 valence electrons. The topological polar surface area (TPSA) is 87.5 Å². The van der Waals surface area contributed by atoms with Crippen LogP contribution >= 0.6 is 0 Å². The first-order valence-corrected chi connectivity index (χ1v) is 5.55. The fourth-order valence-electron chi connectivity index (χ4n) is 1.94. The van der Waals surface area contributed by atoms with Crippen molar-refractivity contribution < 1.29 is 9.90 Å². The van der Waals surface area contributed by atoms with Gasteiger partial charge in [0.15, 0.2) is 0 Å². The van der Waals surface area contributed by atoms with Gasteiger partial charge in [-0.05, 0) is 17.7 Å². The number of aromatic carboxylic acids is 1. The van der Waals surface area contributed by atoms with Gasteiger partial charge in [-0.1, -0.05) is 12.1 Å². The van der Waals surface area contributed by atoms with Crippen molar-refractivity contribution in [3.63, 3.8) is 0 Å². The first-order valence-electron chi connectivity index (χ1n) is 5.55. The molecule has 2 N–H and O–H groups in total. The van der Waals surface area contributed by atoms with E-state index in [1.807, 2.05) is 0 Å². The highest BCUT2D eigenvalue weighted by atomic mass is 16.4. The molecule has 0 saturated carbocycles. The minimum atomic E-state index is -0.973. The quantitative estimate of drug-likeness (QED) is 0.724. The number of fused-ring (bicyclic) bond motifs is 1. The fraction of sp³-hybridized carbons (Fsp3) is 0. The van der Waals surface area contributed by atoms with E-state index < -0.39 is 5.97 Å². The van der Waals surface area contributed by atoms with Gasteiger partial charge in [-0.25, -0.2) is 14.6 Å². The lowest BCUT2D eigenvalue weighted by molar-refractivity contribution is 0.0697. The molecule has 0 bridgehead atoms. The van der Waals surface area contributed by atoms with Gasteiger partial charge < -0.3 is 10.1 Å². The number of carboxylic acids is 1. The number of rotatable bonds is 2. The molecule has 0 atom stereocenters.